The zero-order valence-corrected chi connectivity index (χ0v) is 12.8. The fraction of sp³-hybridized carbons (Fsp3) is 0.600. The van der Waals surface area contributed by atoms with Crippen LogP contribution in [0.5, 0.6) is 0 Å². The molecule has 0 unspecified atom stereocenters. The number of primary amides is 1. The molecule has 6 heteroatoms. The molecule has 4 atom stereocenters. The Labute approximate surface area is 128 Å². The summed E-state index contributed by atoms with van der Waals surface area (Å²) in [5.74, 6) is -0.441. The van der Waals surface area contributed by atoms with Crippen LogP contribution in [0.2, 0.25) is 0 Å². The number of carbonyl (C=O) groups is 2. The van der Waals surface area contributed by atoms with Crippen molar-refractivity contribution in [1.29, 1.82) is 0 Å². The second-order valence-electron chi connectivity index (χ2n) is 5.84. The number of methoxy groups -OCH3 is 1. The molecule has 1 aromatic rings. The fourth-order valence-corrected chi connectivity index (χ4v) is 4.95. The number of piperidine rings is 1. The second kappa shape index (κ2) is 5.77. The van der Waals surface area contributed by atoms with Crippen LogP contribution in [0.1, 0.15) is 30.1 Å². The molecule has 3 rings (SSSR count). The molecule has 2 N–H and O–H groups in total. The van der Waals surface area contributed by atoms with Gasteiger partial charge in [-0.15, -0.1) is 11.3 Å². The zero-order chi connectivity index (χ0) is 15.0. The van der Waals surface area contributed by atoms with Gasteiger partial charge in [-0.25, -0.2) is 0 Å². The normalized spacial score (nSPS) is 32.0. The number of carbonyl (C=O) groups excluding carboxylic acids is 2. The molecular weight excluding hydrogens is 288 g/mol. The van der Waals surface area contributed by atoms with Crippen molar-refractivity contribution in [2.75, 3.05) is 13.7 Å². The van der Waals surface area contributed by atoms with E-state index in [1.54, 1.807) is 11.3 Å². The predicted octanol–water partition coefficient (Wildman–Crippen LogP) is 1.34. The van der Waals surface area contributed by atoms with Crippen molar-refractivity contribution in [3.63, 3.8) is 0 Å². The van der Waals surface area contributed by atoms with E-state index in [9.17, 15) is 9.59 Å². The maximum Gasteiger partial charge on any atom is 0.309 e. The lowest BCUT2D eigenvalue weighted by Crippen LogP contribution is -2.52. The van der Waals surface area contributed by atoms with E-state index in [0.29, 0.717) is 0 Å². The van der Waals surface area contributed by atoms with Crippen molar-refractivity contribution in [3.05, 3.63) is 22.4 Å². The van der Waals surface area contributed by atoms with Crippen molar-refractivity contribution in [1.82, 2.24) is 4.90 Å². The van der Waals surface area contributed by atoms with Crippen LogP contribution >= 0.6 is 11.3 Å². The standard InChI is InChI=1S/C15H20N2O3S/c1-20-15(19)10-7-9-4-5-11(17(9)8-13(16)18)14(10)12-3-2-6-21-12/h2-3,6,9-11,14H,4-5,7-8H2,1H3,(H2,16,18)/t9-,10+,11-,14+/m1/s1. The topological polar surface area (TPSA) is 72.6 Å². The molecule has 2 fully saturated rings. The quantitative estimate of drug-likeness (QED) is 0.852. The average Bonchev–Trinajstić information content (AvgIpc) is 3.06. The van der Waals surface area contributed by atoms with Crippen molar-refractivity contribution in [2.24, 2.45) is 11.7 Å². The van der Waals surface area contributed by atoms with Crippen molar-refractivity contribution in [2.45, 2.75) is 37.3 Å². The summed E-state index contributed by atoms with van der Waals surface area (Å²) in [5, 5.41) is 2.03. The van der Waals surface area contributed by atoms with Crippen LogP contribution < -0.4 is 5.73 Å². The van der Waals surface area contributed by atoms with Gasteiger partial charge < -0.3 is 10.5 Å². The highest BCUT2D eigenvalue weighted by Crippen LogP contribution is 2.48. The molecule has 0 aromatic carbocycles. The zero-order valence-electron chi connectivity index (χ0n) is 12.0. The smallest absolute Gasteiger partial charge is 0.309 e. The van der Waals surface area contributed by atoms with E-state index in [-0.39, 0.29) is 42.3 Å². The minimum Gasteiger partial charge on any atom is -0.469 e. The Kier molecular flexibility index (Phi) is 3.99. The summed E-state index contributed by atoms with van der Waals surface area (Å²) < 4.78 is 5.01. The first kappa shape index (κ1) is 14.5. The lowest BCUT2D eigenvalue weighted by Gasteiger charge is -2.42. The number of hydrogen-bond donors (Lipinski definition) is 1. The van der Waals surface area contributed by atoms with Gasteiger partial charge in [0.15, 0.2) is 0 Å². The molecule has 2 aliphatic heterocycles. The van der Waals surface area contributed by atoms with Gasteiger partial charge in [-0.3, -0.25) is 14.5 Å². The third kappa shape index (κ3) is 2.58. The number of nitrogens with zero attached hydrogens (tertiary/aromatic N) is 1. The van der Waals surface area contributed by atoms with Crippen molar-refractivity contribution in [3.8, 4) is 0 Å². The molecule has 0 saturated carbocycles. The number of hydrogen-bond acceptors (Lipinski definition) is 5. The summed E-state index contributed by atoms with van der Waals surface area (Å²) in [6.07, 6.45) is 2.78. The molecular formula is C15H20N2O3S. The minimum absolute atomic E-state index is 0.107. The highest BCUT2D eigenvalue weighted by Gasteiger charge is 2.50. The molecule has 2 saturated heterocycles. The van der Waals surface area contributed by atoms with Gasteiger partial charge in [-0.1, -0.05) is 6.07 Å². The SMILES string of the molecule is COC(=O)[C@H]1C[C@H]2CC[C@H]([C@H]1c1cccs1)N2CC(N)=O. The molecule has 0 radical (unpaired) electrons. The largest absolute Gasteiger partial charge is 0.469 e. The number of esters is 1. The minimum atomic E-state index is -0.298. The maximum absolute atomic E-state index is 12.2. The predicted molar refractivity (Wildman–Crippen MR) is 79.9 cm³/mol. The van der Waals surface area contributed by atoms with E-state index >= 15 is 0 Å². The molecule has 1 amide bonds. The van der Waals surface area contributed by atoms with Gasteiger partial charge in [0, 0.05) is 22.9 Å². The summed E-state index contributed by atoms with van der Waals surface area (Å²) >= 11 is 1.67. The monoisotopic (exact) mass is 308 g/mol. The van der Waals surface area contributed by atoms with E-state index in [1.807, 2.05) is 11.4 Å². The first-order valence-electron chi connectivity index (χ1n) is 7.27. The molecule has 114 valence electrons. The Morgan fingerprint density at radius 2 is 2.29 bits per heavy atom. The molecule has 3 heterocycles. The van der Waals surface area contributed by atoms with Crippen molar-refractivity contribution >= 4 is 23.2 Å². The van der Waals surface area contributed by atoms with Crippen LogP contribution in [0.4, 0.5) is 0 Å². The Hall–Kier alpha value is -1.40. The maximum atomic E-state index is 12.2. The van der Waals surface area contributed by atoms with Crippen LogP contribution in [0.3, 0.4) is 0 Å². The summed E-state index contributed by atoms with van der Waals surface area (Å²) in [6.45, 7) is 0.283. The third-order valence-electron chi connectivity index (χ3n) is 4.78. The average molecular weight is 308 g/mol. The summed E-state index contributed by atoms with van der Waals surface area (Å²) in [4.78, 5) is 26.9. The van der Waals surface area contributed by atoms with Crippen LogP contribution in [-0.4, -0.2) is 42.5 Å². The summed E-state index contributed by atoms with van der Waals surface area (Å²) in [6, 6.07) is 4.56. The number of amides is 1. The van der Waals surface area contributed by atoms with Crippen LogP contribution in [-0.2, 0) is 14.3 Å². The molecule has 2 bridgehead atoms. The van der Waals surface area contributed by atoms with E-state index in [2.05, 4.69) is 11.0 Å². The summed E-state index contributed by atoms with van der Waals surface area (Å²) in [5.41, 5.74) is 5.39. The molecule has 5 nitrogen and oxygen atoms in total. The second-order valence-corrected chi connectivity index (χ2v) is 6.82. The lowest BCUT2D eigenvalue weighted by atomic mass is 9.79. The molecule has 0 spiro atoms. The Bertz CT molecular complexity index is 531. The fourth-order valence-electron chi connectivity index (χ4n) is 4.00. The Morgan fingerprint density at radius 3 is 2.90 bits per heavy atom. The van der Waals surface area contributed by atoms with Crippen LogP contribution in [0, 0.1) is 5.92 Å². The number of rotatable bonds is 4. The first-order chi connectivity index (χ1) is 10.1. The number of fused-ring (bicyclic) bond motifs is 2. The molecule has 0 aliphatic carbocycles. The van der Waals surface area contributed by atoms with Crippen LogP contribution in [0.15, 0.2) is 17.5 Å². The van der Waals surface area contributed by atoms with E-state index in [4.69, 9.17) is 10.5 Å². The summed E-state index contributed by atoms with van der Waals surface area (Å²) in [7, 11) is 1.45. The number of thiophene rings is 1. The molecule has 2 aliphatic rings. The van der Waals surface area contributed by atoms with E-state index in [0.717, 1.165) is 19.3 Å². The van der Waals surface area contributed by atoms with Gasteiger partial charge in [0.1, 0.15) is 0 Å². The van der Waals surface area contributed by atoms with Crippen molar-refractivity contribution < 1.29 is 14.3 Å². The highest BCUT2D eigenvalue weighted by molar-refractivity contribution is 7.10. The highest BCUT2D eigenvalue weighted by atomic mass is 32.1. The van der Waals surface area contributed by atoms with Gasteiger partial charge >= 0.3 is 5.97 Å². The third-order valence-corrected chi connectivity index (χ3v) is 5.75. The first-order valence-corrected chi connectivity index (χ1v) is 8.15. The lowest BCUT2D eigenvalue weighted by molar-refractivity contribution is -0.149. The van der Waals surface area contributed by atoms with Gasteiger partial charge in [0.05, 0.1) is 19.6 Å². The van der Waals surface area contributed by atoms with Gasteiger partial charge in [0.2, 0.25) is 5.91 Å². The molecule has 1 aromatic heterocycles. The van der Waals surface area contributed by atoms with Gasteiger partial charge in [-0.05, 0) is 30.7 Å². The van der Waals surface area contributed by atoms with Gasteiger partial charge in [0.25, 0.3) is 0 Å². The number of nitrogens with two attached hydrogens (primary N) is 1. The number of ether oxygens (including phenoxy) is 1. The van der Waals surface area contributed by atoms with Gasteiger partial charge in [-0.2, -0.15) is 0 Å². The van der Waals surface area contributed by atoms with Crippen LogP contribution in [0.25, 0.3) is 0 Å². The molecule has 21 heavy (non-hydrogen) atoms. The Morgan fingerprint density at radius 1 is 1.48 bits per heavy atom. The Balaban J connectivity index is 1.93. The van der Waals surface area contributed by atoms with E-state index in [1.165, 1.54) is 12.0 Å². The van der Waals surface area contributed by atoms with E-state index < -0.39 is 0 Å².